The number of benzene rings is 2. The van der Waals surface area contributed by atoms with Crippen molar-refractivity contribution in [1.29, 1.82) is 0 Å². The maximum absolute atomic E-state index is 10.6. The van der Waals surface area contributed by atoms with Crippen molar-refractivity contribution in [2.45, 2.75) is 13.0 Å². The van der Waals surface area contributed by atoms with E-state index >= 15 is 0 Å². The Bertz CT molecular complexity index is 588. The Morgan fingerprint density at radius 3 is 2.10 bits per heavy atom. The third-order valence-electron chi connectivity index (χ3n) is 3.14. The molecule has 2 rings (SSSR count). The van der Waals surface area contributed by atoms with Gasteiger partial charge in [-0.15, -0.1) is 0 Å². The Balaban J connectivity index is 2.44. The lowest BCUT2D eigenvalue weighted by molar-refractivity contribution is 0.218. The molecule has 0 aliphatic carbocycles. The van der Waals surface area contributed by atoms with E-state index in [4.69, 9.17) is 9.47 Å². The van der Waals surface area contributed by atoms with Crippen LogP contribution < -0.4 is 9.47 Å². The fourth-order valence-corrected chi connectivity index (χ4v) is 2.73. The van der Waals surface area contributed by atoms with E-state index in [1.807, 2.05) is 25.1 Å². The number of aliphatic hydroxyl groups excluding tert-OH is 1. The van der Waals surface area contributed by atoms with Crippen LogP contribution in [0, 0.1) is 6.92 Å². The molecule has 0 fully saturated rings. The number of aliphatic hydroxyl groups is 1. The lowest BCUT2D eigenvalue weighted by Gasteiger charge is -2.16. The van der Waals surface area contributed by atoms with Crippen LogP contribution in [0.25, 0.3) is 0 Å². The maximum atomic E-state index is 10.6. The average Bonchev–Trinajstić information content (AvgIpc) is 2.46. The number of rotatable bonds is 4. The van der Waals surface area contributed by atoms with E-state index in [0.29, 0.717) is 11.5 Å². The summed E-state index contributed by atoms with van der Waals surface area (Å²) < 4.78 is 11.3. The van der Waals surface area contributed by atoms with Gasteiger partial charge in [-0.1, -0.05) is 28.1 Å². The largest absolute Gasteiger partial charge is 0.497 e. The number of halogens is 1. The second-order valence-corrected chi connectivity index (χ2v) is 5.43. The molecule has 1 N–H and O–H groups in total. The predicted molar refractivity (Wildman–Crippen MR) is 82.5 cm³/mol. The fourth-order valence-electron chi connectivity index (χ4n) is 2.02. The monoisotopic (exact) mass is 336 g/mol. The first-order valence-corrected chi connectivity index (χ1v) is 7.01. The van der Waals surface area contributed by atoms with Gasteiger partial charge in [0.1, 0.15) is 17.6 Å². The summed E-state index contributed by atoms with van der Waals surface area (Å²) in [6, 6.07) is 11.3. The first kappa shape index (κ1) is 14.9. The molecule has 106 valence electrons. The Hall–Kier alpha value is -1.52. The van der Waals surface area contributed by atoms with Crippen molar-refractivity contribution in [3.8, 4) is 11.5 Å². The molecule has 1 atom stereocenters. The van der Waals surface area contributed by atoms with Crippen molar-refractivity contribution >= 4 is 15.9 Å². The van der Waals surface area contributed by atoms with Crippen molar-refractivity contribution in [1.82, 2.24) is 0 Å². The highest BCUT2D eigenvalue weighted by molar-refractivity contribution is 9.10. The third kappa shape index (κ3) is 3.14. The van der Waals surface area contributed by atoms with E-state index in [9.17, 15) is 5.11 Å². The summed E-state index contributed by atoms with van der Waals surface area (Å²) in [6.07, 6.45) is -0.742. The molecule has 2 aromatic carbocycles. The first-order valence-electron chi connectivity index (χ1n) is 6.22. The third-order valence-corrected chi connectivity index (χ3v) is 3.83. The van der Waals surface area contributed by atoms with E-state index in [2.05, 4.69) is 15.9 Å². The van der Waals surface area contributed by atoms with E-state index < -0.39 is 6.10 Å². The molecular formula is C16H17BrO3. The maximum Gasteiger partial charge on any atom is 0.122 e. The molecule has 0 heterocycles. The van der Waals surface area contributed by atoms with Crippen LogP contribution in [0.15, 0.2) is 40.9 Å². The minimum Gasteiger partial charge on any atom is -0.497 e. The van der Waals surface area contributed by atoms with Crippen molar-refractivity contribution in [3.05, 3.63) is 57.6 Å². The lowest BCUT2D eigenvalue weighted by atomic mass is 10.00. The molecule has 3 nitrogen and oxygen atoms in total. The SMILES string of the molecule is COc1cc(OC)cc(C(O)c2ccc(C)cc2Br)c1. The number of aryl methyl sites for hydroxylation is 1. The molecule has 0 aromatic heterocycles. The van der Waals surface area contributed by atoms with Gasteiger partial charge >= 0.3 is 0 Å². The molecule has 1 unspecified atom stereocenters. The van der Waals surface area contributed by atoms with Crippen LogP contribution in [-0.4, -0.2) is 19.3 Å². The van der Waals surface area contributed by atoms with E-state index in [1.54, 1.807) is 32.4 Å². The van der Waals surface area contributed by atoms with Crippen LogP contribution in [-0.2, 0) is 0 Å². The number of hydrogen-bond acceptors (Lipinski definition) is 3. The summed E-state index contributed by atoms with van der Waals surface area (Å²) >= 11 is 3.49. The molecule has 0 amide bonds. The number of ether oxygens (including phenoxy) is 2. The highest BCUT2D eigenvalue weighted by atomic mass is 79.9. The summed E-state index contributed by atoms with van der Waals surface area (Å²) in [4.78, 5) is 0. The fraction of sp³-hybridized carbons (Fsp3) is 0.250. The molecule has 0 saturated heterocycles. The first-order chi connectivity index (χ1) is 9.55. The molecular weight excluding hydrogens is 320 g/mol. The zero-order chi connectivity index (χ0) is 14.7. The van der Waals surface area contributed by atoms with Crippen molar-refractivity contribution in [2.75, 3.05) is 14.2 Å². The molecule has 0 aliphatic heterocycles. The van der Waals surface area contributed by atoms with E-state index in [1.165, 1.54) is 0 Å². The molecule has 0 saturated carbocycles. The van der Waals surface area contributed by atoms with Gasteiger partial charge in [-0.05, 0) is 41.8 Å². The van der Waals surface area contributed by atoms with Gasteiger partial charge in [0.25, 0.3) is 0 Å². The van der Waals surface area contributed by atoms with Gasteiger partial charge in [-0.25, -0.2) is 0 Å². The Morgan fingerprint density at radius 1 is 1.00 bits per heavy atom. The summed E-state index contributed by atoms with van der Waals surface area (Å²) in [7, 11) is 3.18. The van der Waals surface area contributed by atoms with Gasteiger partial charge in [0.15, 0.2) is 0 Å². The van der Waals surface area contributed by atoms with Crippen LogP contribution in [0.1, 0.15) is 22.8 Å². The summed E-state index contributed by atoms with van der Waals surface area (Å²) in [5.74, 6) is 1.31. The standard InChI is InChI=1S/C16H17BrO3/c1-10-4-5-14(15(17)6-10)16(18)11-7-12(19-2)9-13(8-11)20-3/h4-9,16,18H,1-3H3. The van der Waals surface area contributed by atoms with Crippen molar-refractivity contribution < 1.29 is 14.6 Å². The quantitative estimate of drug-likeness (QED) is 0.921. The average molecular weight is 337 g/mol. The topological polar surface area (TPSA) is 38.7 Å². The molecule has 0 radical (unpaired) electrons. The minimum absolute atomic E-state index is 0.654. The van der Waals surface area contributed by atoms with E-state index in [-0.39, 0.29) is 0 Å². The van der Waals surface area contributed by atoms with Crippen LogP contribution in [0.3, 0.4) is 0 Å². The Labute approximate surface area is 127 Å². The van der Waals surface area contributed by atoms with Gasteiger partial charge < -0.3 is 14.6 Å². The van der Waals surface area contributed by atoms with Gasteiger partial charge in [-0.3, -0.25) is 0 Å². The molecule has 0 aliphatic rings. The van der Waals surface area contributed by atoms with Gasteiger partial charge in [-0.2, -0.15) is 0 Å². The number of hydrogen-bond donors (Lipinski definition) is 1. The van der Waals surface area contributed by atoms with Crippen LogP contribution in [0.5, 0.6) is 11.5 Å². The summed E-state index contributed by atoms with van der Waals surface area (Å²) in [6.45, 7) is 2.01. The predicted octanol–water partition coefficient (Wildman–Crippen LogP) is 3.86. The lowest BCUT2D eigenvalue weighted by Crippen LogP contribution is -2.02. The number of methoxy groups -OCH3 is 2. The van der Waals surface area contributed by atoms with Crippen molar-refractivity contribution in [2.24, 2.45) is 0 Å². The zero-order valence-electron chi connectivity index (χ0n) is 11.7. The smallest absolute Gasteiger partial charge is 0.122 e. The van der Waals surface area contributed by atoms with Crippen LogP contribution >= 0.6 is 15.9 Å². The molecule has 4 heteroatoms. The molecule has 0 spiro atoms. The second-order valence-electron chi connectivity index (χ2n) is 4.57. The second kappa shape index (κ2) is 6.29. The van der Waals surface area contributed by atoms with Gasteiger partial charge in [0.05, 0.1) is 14.2 Å². The highest BCUT2D eigenvalue weighted by Gasteiger charge is 2.16. The van der Waals surface area contributed by atoms with Crippen LogP contribution in [0.2, 0.25) is 0 Å². The van der Waals surface area contributed by atoms with E-state index in [0.717, 1.165) is 21.2 Å². The minimum atomic E-state index is -0.742. The van der Waals surface area contributed by atoms with Crippen LogP contribution in [0.4, 0.5) is 0 Å². The molecule has 20 heavy (non-hydrogen) atoms. The highest BCUT2D eigenvalue weighted by Crippen LogP contribution is 2.33. The van der Waals surface area contributed by atoms with Crippen molar-refractivity contribution in [3.63, 3.8) is 0 Å². The normalized spacial score (nSPS) is 12.1. The van der Waals surface area contributed by atoms with Gasteiger partial charge in [0.2, 0.25) is 0 Å². The Kier molecular flexibility index (Phi) is 4.68. The van der Waals surface area contributed by atoms with Gasteiger partial charge in [0, 0.05) is 10.5 Å². The molecule has 0 bridgehead atoms. The Morgan fingerprint density at radius 2 is 1.60 bits per heavy atom. The summed E-state index contributed by atoms with van der Waals surface area (Å²) in [5.41, 5.74) is 2.67. The summed E-state index contributed by atoms with van der Waals surface area (Å²) in [5, 5.41) is 10.6. The zero-order valence-corrected chi connectivity index (χ0v) is 13.3. The molecule has 2 aromatic rings.